The van der Waals surface area contributed by atoms with Crippen LogP contribution in [0.5, 0.6) is 0 Å². The van der Waals surface area contributed by atoms with Crippen molar-refractivity contribution in [2.45, 2.75) is 0 Å². The van der Waals surface area contributed by atoms with Crippen molar-refractivity contribution in [3.05, 3.63) is 48.3 Å². The second kappa shape index (κ2) is 5.39. The minimum atomic E-state index is -0.184. The molecule has 2 rings (SSSR count). The van der Waals surface area contributed by atoms with Gasteiger partial charge in [-0.2, -0.15) is 0 Å². The van der Waals surface area contributed by atoms with Gasteiger partial charge in [0, 0.05) is 31.5 Å². The fraction of sp³-hybridized carbons (Fsp3) is 0.143. The lowest BCUT2D eigenvalue weighted by Crippen LogP contribution is -2.16. The van der Waals surface area contributed by atoms with Crippen LogP contribution in [0.2, 0.25) is 0 Å². The lowest BCUT2D eigenvalue weighted by molar-refractivity contribution is 0.102. The molecule has 0 aliphatic rings. The second-order valence-electron chi connectivity index (χ2n) is 4.36. The zero-order valence-corrected chi connectivity index (χ0v) is 10.9. The Balaban J connectivity index is 2.22. The first-order valence-electron chi connectivity index (χ1n) is 5.86. The van der Waals surface area contributed by atoms with Crippen molar-refractivity contribution in [1.82, 2.24) is 4.98 Å². The molecule has 0 spiro atoms. The SMILES string of the molecule is CN(C)c1ccncc1NC(=O)c1ccc(N)cc1. The zero-order valence-electron chi connectivity index (χ0n) is 10.9. The lowest BCUT2D eigenvalue weighted by atomic mass is 10.2. The van der Waals surface area contributed by atoms with E-state index < -0.39 is 0 Å². The Morgan fingerprint density at radius 3 is 2.53 bits per heavy atom. The Labute approximate surface area is 112 Å². The number of nitrogens with zero attached hydrogens (tertiary/aromatic N) is 2. The van der Waals surface area contributed by atoms with Gasteiger partial charge in [0.25, 0.3) is 5.91 Å². The summed E-state index contributed by atoms with van der Waals surface area (Å²) in [6, 6.07) is 8.63. The smallest absolute Gasteiger partial charge is 0.255 e. The largest absolute Gasteiger partial charge is 0.399 e. The number of hydrogen-bond acceptors (Lipinski definition) is 4. The van der Waals surface area contributed by atoms with E-state index in [4.69, 9.17) is 5.73 Å². The van der Waals surface area contributed by atoms with Crippen LogP contribution in [-0.2, 0) is 0 Å². The number of carbonyl (C=O) groups is 1. The summed E-state index contributed by atoms with van der Waals surface area (Å²) in [4.78, 5) is 18.0. The van der Waals surface area contributed by atoms with Gasteiger partial charge in [-0.1, -0.05) is 0 Å². The Morgan fingerprint density at radius 2 is 1.89 bits per heavy atom. The molecule has 1 heterocycles. The molecule has 19 heavy (non-hydrogen) atoms. The quantitative estimate of drug-likeness (QED) is 0.824. The molecule has 0 saturated heterocycles. The number of rotatable bonds is 3. The third-order valence-electron chi connectivity index (χ3n) is 2.70. The third kappa shape index (κ3) is 3.01. The molecule has 5 heteroatoms. The number of amides is 1. The van der Waals surface area contributed by atoms with Gasteiger partial charge in [0.2, 0.25) is 0 Å². The van der Waals surface area contributed by atoms with E-state index in [1.165, 1.54) is 0 Å². The number of carbonyl (C=O) groups excluding carboxylic acids is 1. The topological polar surface area (TPSA) is 71.2 Å². The molecule has 5 nitrogen and oxygen atoms in total. The van der Waals surface area contributed by atoms with Crippen LogP contribution in [0, 0.1) is 0 Å². The van der Waals surface area contributed by atoms with Gasteiger partial charge in [-0.3, -0.25) is 9.78 Å². The summed E-state index contributed by atoms with van der Waals surface area (Å²) in [6.45, 7) is 0. The molecular formula is C14H16N4O. The molecule has 0 aliphatic heterocycles. The van der Waals surface area contributed by atoms with Gasteiger partial charge < -0.3 is 16.0 Å². The average molecular weight is 256 g/mol. The maximum absolute atomic E-state index is 12.1. The molecule has 0 bridgehead atoms. The van der Waals surface area contributed by atoms with Crippen molar-refractivity contribution in [2.24, 2.45) is 0 Å². The Hall–Kier alpha value is -2.56. The number of hydrogen-bond donors (Lipinski definition) is 2. The molecule has 0 aliphatic carbocycles. The molecule has 1 aromatic carbocycles. The summed E-state index contributed by atoms with van der Waals surface area (Å²) in [5.41, 5.74) is 8.36. The van der Waals surface area contributed by atoms with E-state index in [0.29, 0.717) is 16.9 Å². The zero-order chi connectivity index (χ0) is 13.8. The Bertz CT molecular complexity index is 578. The Morgan fingerprint density at radius 1 is 1.21 bits per heavy atom. The molecule has 1 amide bonds. The predicted molar refractivity (Wildman–Crippen MR) is 77.4 cm³/mol. The summed E-state index contributed by atoms with van der Waals surface area (Å²) < 4.78 is 0. The number of benzene rings is 1. The van der Waals surface area contributed by atoms with Crippen LogP contribution < -0.4 is 16.0 Å². The number of aromatic nitrogens is 1. The van der Waals surface area contributed by atoms with Gasteiger partial charge in [0.15, 0.2) is 0 Å². The van der Waals surface area contributed by atoms with Crippen LogP contribution in [0.15, 0.2) is 42.7 Å². The molecule has 1 aromatic heterocycles. The molecule has 0 radical (unpaired) electrons. The van der Waals surface area contributed by atoms with Crippen LogP contribution in [-0.4, -0.2) is 25.0 Å². The minimum absolute atomic E-state index is 0.184. The van der Waals surface area contributed by atoms with Crippen molar-refractivity contribution in [2.75, 3.05) is 30.0 Å². The van der Waals surface area contributed by atoms with Gasteiger partial charge in [-0.25, -0.2) is 0 Å². The molecule has 0 fully saturated rings. The highest BCUT2D eigenvalue weighted by molar-refractivity contribution is 6.05. The van der Waals surface area contributed by atoms with Crippen LogP contribution >= 0.6 is 0 Å². The monoisotopic (exact) mass is 256 g/mol. The highest BCUT2D eigenvalue weighted by Gasteiger charge is 2.10. The van der Waals surface area contributed by atoms with Crippen molar-refractivity contribution >= 4 is 23.0 Å². The molecule has 2 aromatic rings. The van der Waals surface area contributed by atoms with Gasteiger partial charge in [0.05, 0.1) is 17.6 Å². The van der Waals surface area contributed by atoms with Gasteiger partial charge in [-0.15, -0.1) is 0 Å². The van der Waals surface area contributed by atoms with E-state index in [1.807, 2.05) is 25.1 Å². The summed E-state index contributed by atoms with van der Waals surface area (Å²) in [7, 11) is 3.82. The van der Waals surface area contributed by atoms with E-state index in [9.17, 15) is 4.79 Å². The van der Waals surface area contributed by atoms with E-state index in [1.54, 1.807) is 36.7 Å². The standard InChI is InChI=1S/C14H16N4O/c1-18(2)13-7-8-16-9-12(13)17-14(19)10-3-5-11(15)6-4-10/h3-9H,15H2,1-2H3,(H,17,19). The second-order valence-corrected chi connectivity index (χ2v) is 4.36. The Kier molecular flexibility index (Phi) is 3.66. The van der Waals surface area contributed by atoms with E-state index in [2.05, 4.69) is 10.3 Å². The van der Waals surface area contributed by atoms with Crippen LogP contribution in [0.3, 0.4) is 0 Å². The molecule has 0 saturated carbocycles. The molecule has 0 unspecified atom stereocenters. The maximum Gasteiger partial charge on any atom is 0.255 e. The fourth-order valence-corrected chi connectivity index (χ4v) is 1.70. The first-order chi connectivity index (χ1) is 9.08. The summed E-state index contributed by atoms with van der Waals surface area (Å²) >= 11 is 0. The highest BCUT2D eigenvalue weighted by atomic mass is 16.1. The molecule has 3 N–H and O–H groups in total. The first kappa shape index (κ1) is 12.9. The van der Waals surface area contributed by atoms with Crippen molar-refractivity contribution in [3.8, 4) is 0 Å². The summed E-state index contributed by atoms with van der Waals surface area (Å²) in [5.74, 6) is -0.184. The lowest BCUT2D eigenvalue weighted by Gasteiger charge is -2.17. The van der Waals surface area contributed by atoms with E-state index in [-0.39, 0.29) is 5.91 Å². The third-order valence-corrected chi connectivity index (χ3v) is 2.70. The van der Waals surface area contributed by atoms with Gasteiger partial charge in [0.1, 0.15) is 0 Å². The van der Waals surface area contributed by atoms with E-state index in [0.717, 1.165) is 5.69 Å². The van der Waals surface area contributed by atoms with Gasteiger partial charge >= 0.3 is 0 Å². The number of nitrogens with two attached hydrogens (primary N) is 1. The fourth-order valence-electron chi connectivity index (χ4n) is 1.70. The number of nitrogens with one attached hydrogen (secondary N) is 1. The van der Waals surface area contributed by atoms with Crippen molar-refractivity contribution in [3.63, 3.8) is 0 Å². The van der Waals surface area contributed by atoms with Crippen LogP contribution in [0.1, 0.15) is 10.4 Å². The van der Waals surface area contributed by atoms with Gasteiger partial charge in [-0.05, 0) is 30.3 Å². The molecular weight excluding hydrogens is 240 g/mol. The summed E-state index contributed by atoms with van der Waals surface area (Å²) in [6.07, 6.45) is 3.32. The van der Waals surface area contributed by atoms with Crippen molar-refractivity contribution < 1.29 is 4.79 Å². The van der Waals surface area contributed by atoms with Crippen molar-refractivity contribution in [1.29, 1.82) is 0 Å². The first-order valence-corrected chi connectivity index (χ1v) is 5.86. The molecule has 98 valence electrons. The minimum Gasteiger partial charge on any atom is -0.399 e. The van der Waals surface area contributed by atoms with Crippen LogP contribution in [0.4, 0.5) is 17.1 Å². The number of pyridine rings is 1. The highest BCUT2D eigenvalue weighted by Crippen LogP contribution is 2.22. The number of nitrogen functional groups attached to an aromatic ring is 1. The number of anilines is 3. The average Bonchev–Trinajstić information content (AvgIpc) is 2.39. The molecule has 0 atom stereocenters. The normalized spacial score (nSPS) is 10.0. The predicted octanol–water partition coefficient (Wildman–Crippen LogP) is 1.98. The van der Waals surface area contributed by atoms with Crippen LogP contribution in [0.25, 0.3) is 0 Å². The van der Waals surface area contributed by atoms with E-state index >= 15 is 0 Å². The summed E-state index contributed by atoms with van der Waals surface area (Å²) in [5, 5.41) is 2.84. The maximum atomic E-state index is 12.1.